The third-order valence-electron chi connectivity index (χ3n) is 6.16. The number of rotatable bonds is 2. The van der Waals surface area contributed by atoms with Crippen molar-refractivity contribution in [3.63, 3.8) is 0 Å². The summed E-state index contributed by atoms with van der Waals surface area (Å²) in [6, 6.07) is 5.23. The summed E-state index contributed by atoms with van der Waals surface area (Å²) in [6.07, 6.45) is -3.28. The zero-order valence-electron chi connectivity index (χ0n) is 16.7. The molecule has 4 rings (SSSR count). The standard InChI is InChI=1S/C21H24F3N3O3/c1-14-17(20(30-19(14)29)5-7-25-8-6-20)18(28)27-11-9-26(10-12-27)16-4-2-3-15(13-16)21(22,23)24/h2-4,13,25H,5-12H2,1H3. The van der Waals surface area contributed by atoms with Gasteiger partial charge >= 0.3 is 12.1 Å². The molecule has 1 aromatic carbocycles. The molecule has 3 aliphatic heterocycles. The normalized spacial score (nSPS) is 21.9. The van der Waals surface area contributed by atoms with Crippen LogP contribution >= 0.6 is 0 Å². The Kier molecular flexibility index (Phi) is 5.25. The molecule has 2 saturated heterocycles. The number of nitrogens with zero attached hydrogens (tertiary/aromatic N) is 2. The molecular weight excluding hydrogens is 399 g/mol. The van der Waals surface area contributed by atoms with Crippen LogP contribution in [0.3, 0.4) is 0 Å². The van der Waals surface area contributed by atoms with Crippen LogP contribution in [0.1, 0.15) is 25.3 Å². The molecule has 9 heteroatoms. The summed E-state index contributed by atoms with van der Waals surface area (Å²) >= 11 is 0. The van der Waals surface area contributed by atoms with E-state index in [1.807, 2.05) is 4.90 Å². The molecule has 0 atom stereocenters. The van der Waals surface area contributed by atoms with Gasteiger partial charge in [0, 0.05) is 50.3 Å². The first kappa shape index (κ1) is 20.7. The molecule has 0 radical (unpaired) electrons. The average molecular weight is 423 g/mol. The van der Waals surface area contributed by atoms with Gasteiger partial charge in [0.1, 0.15) is 5.60 Å². The second kappa shape index (κ2) is 7.61. The van der Waals surface area contributed by atoms with Gasteiger partial charge < -0.3 is 19.9 Å². The third kappa shape index (κ3) is 3.66. The molecule has 3 heterocycles. The van der Waals surface area contributed by atoms with E-state index < -0.39 is 23.3 Å². The van der Waals surface area contributed by atoms with Crippen molar-refractivity contribution in [3.05, 3.63) is 41.0 Å². The molecule has 30 heavy (non-hydrogen) atoms. The van der Waals surface area contributed by atoms with Gasteiger partial charge in [0.2, 0.25) is 0 Å². The Morgan fingerprint density at radius 3 is 2.43 bits per heavy atom. The Labute approximate surface area is 172 Å². The fraction of sp³-hybridized carbons (Fsp3) is 0.524. The fourth-order valence-corrected chi connectivity index (χ4v) is 4.49. The van der Waals surface area contributed by atoms with Crippen molar-refractivity contribution >= 4 is 17.6 Å². The van der Waals surface area contributed by atoms with Gasteiger partial charge in [-0.3, -0.25) is 4.79 Å². The van der Waals surface area contributed by atoms with Gasteiger partial charge in [0.25, 0.3) is 5.91 Å². The quantitative estimate of drug-likeness (QED) is 0.740. The number of benzene rings is 1. The smallest absolute Gasteiger partial charge is 0.416 e. The van der Waals surface area contributed by atoms with Crippen LogP contribution in [0.15, 0.2) is 35.4 Å². The lowest BCUT2D eigenvalue weighted by molar-refractivity contribution is -0.149. The monoisotopic (exact) mass is 423 g/mol. The van der Waals surface area contributed by atoms with Gasteiger partial charge in [-0.05, 0) is 38.2 Å². The van der Waals surface area contributed by atoms with E-state index >= 15 is 0 Å². The van der Waals surface area contributed by atoms with Crippen molar-refractivity contribution in [2.75, 3.05) is 44.2 Å². The molecular formula is C21H24F3N3O3. The molecule has 1 amide bonds. The number of amides is 1. The minimum Gasteiger partial charge on any atom is -0.450 e. The highest BCUT2D eigenvalue weighted by molar-refractivity contribution is 6.07. The number of hydrogen-bond donors (Lipinski definition) is 1. The Bertz CT molecular complexity index is 883. The number of ether oxygens (including phenoxy) is 1. The van der Waals surface area contributed by atoms with Crippen molar-refractivity contribution < 1.29 is 27.5 Å². The van der Waals surface area contributed by atoms with Crippen molar-refractivity contribution in [2.45, 2.75) is 31.5 Å². The number of carbonyl (C=O) groups is 2. The summed E-state index contributed by atoms with van der Waals surface area (Å²) in [5.74, 6) is -0.646. The van der Waals surface area contributed by atoms with E-state index in [2.05, 4.69) is 5.32 Å². The van der Waals surface area contributed by atoms with Crippen LogP contribution in [0.5, 0.6) is 0 Å². The summed E-state index contributed by atoms with van der Waals surface area (Å²) in [5.41, 5.74) is -0.249. The molecule has 0 bridgehead atoms. The van der Waals surface area contributed by atoms with Crippen LogP contribution in [-0.4, -0.2) is 61.6 Å². The maximum atomic E-state index is 13.3. The van der Waals surface area contributed by atoms with E-state index in [1.54, 1.807) is 17.9 Å². The minimum absolute atomic E-state index is 0.205. The summed E-state index contributed by atoms with van der Waals surface area (Å²) in [7, 11) is 0. The maximum Gasteiger partial charge on any atom is 0.416 e. The van der Waals surface area contributed by atoms with Crippen LogP contribution in [0.25, 0.3) is 0 Å². The predicted octanol–water partition coefficient (Wildman–Crippen LogP) is 2.35. The fourth-order valence-electron chi connectivity index (χ4n) is 4.49. The van der Waals surface area contributed by atoms with Gasteiger partial charge in [0.15, 0.2) is 0 Å². The highest BCUT2D eigenvalue weighted by Crippen LogP contribution is 2.40. The highest BCUT2D eigenvalue weighted by Gasteiger charge is 2.50. The van der Waals surface area contributed by atoms with Crippen LogP contribution in [0, 0.1) is 0 Å². The first-order valence-corrected chi connectivity index (χ1v) is 10.1. The van der Waals surface area contributed by atoms with Gasteiger partial charge in [-0.1, -0.05) is 6.07 Å². The van der Waals surface area contributed by atoms with Crippen LogP contribution in [0.2, 0.25) is 0 Å². The molecule has 6 nitrogen and oxygen atoms in total. The second-order valence-corrected chi connectivity index (χ2v) is 7.96. The van der Waals surface area contributed by atoms with Gasteiger partial charge in [-0.2, -0.15) is 13.2 Å². The van der Waals surface area contributed by atoms with Gasteiger partial charge in [0.05, 0.1) is 11.1 Å². The number of nitrogens with one attached hydrogen (secondary N) is 1. The van der Waals surface area contributed by atoms with Gasteiger partial charge in [-0.15, -0.1) is 0 Å². The topological polar surface area (TPSA) is 61.9 Å². The number of anilines is 1. The number of piperazine rings is 1. The number of alkyl halides is 3. The predicted molar refractivity (Wildman–Crippen MR) is 104 cm³/mol. The molecule has 1 spiro atoms. The molecule has 0 aliphatic carbocycles. The average Bonchev–Trinajstić information content (AvgIpc) is 2.97. The SMILES string of the molecule is CC1=C(C(=O)N2CCN(c3cccc(C(F)(F)F)c3)CC2)C2(CCNCC2)OC1=O. The van der Waals surface area contributed by atoms with Crippen LogP contribution < -0.4 is 10.2 Å². The van der Waals surface area contributed by atoms with E-state index in [9.17, 15) is 22.8 Å². The molecule has 1 N–H and O–H groups in total. The largest absolute Gasteiger partial charge is 0.450 e. The van der Waals surface area contributed by atoms with Crippen molar-refractivity contribution in [1.29, 1.82) is 0 Å². The van der Waals surface area contributed by atoms with Crippen LogP contribution in [-0.2, 0) is 20.5 Å². The van der Waals surface area contributed by atoms with Crippen molar-refractivity contribution in [1.82, 2.24) is 10.2 Å². The Balaban J connectivity index is 1.48. The first-order chi connectivity index (χ1) is 14.2. The Hall–Kier alpha value is -2.55. The molecule has 1 aromatic rings. The molecule has 162 valence electrons. The van der Waals surface area contributed by atoms with Crippen molar-refractivity contribution in [2.24, 2.45) is 0 Å². The number of carbonyl (C=O) groups excluding carboxylic acids is 2. The molecule has 3 aliphatic rings. The number of esters is 1. The number of hydrogen-bond acceptors (Lipinski definition) is 5. The van der Waals surface area contributed by atoms with Gasteiger partial charge in [-0.25, -0.2) is 4.79 Å². The summed E-state index contributed by atoms with van der Waals surface area (Å²) < 4.78 is 44.6. The Morgan fingerprint density at radius 1 is 1.13 bits per heavy atom. The Morgan fingerprint density at radius 2 is 1.80 bits per heavy atom. The lowest BCUT2D eigenvalue weighted by atomic mass is 9.83. The lowest BCUT2D eigenvalue weighted by Crippen LogP contribution is -2.53. The summed E-state index contributed by atoms with van der Waals surface area (Å²) in [6.45, 7) is 4.54. The van der Waals surface area contributed by atoms with E-state index in [0.717, 1.165) is 12.1 Å². The van der Waals surface area contributed by atoms with Crippen molar-refractivity contribution in [3.8, 4) is 0 Å². The first-order valence-electron chi connectivity index (χ1n) is 10.1. The van der Waals surface area contributed by atoms with Crippen LogP contribution in [0.4, 0.5) is 18.9 Å². The molecule has 0 aromatic heterocycles. The van der Waals surface area contributed by atoms with E-state index in [-0.39, 0.29) is 5.91 Å². The third-order valence-corrected chi connectivity index (χ3v) is 6.16. The molecule has 0 unspecified atom stereocenters. The maximum absolute atomic E-state index is 13.3. The van der Waals surface area contributed by atoms with E-state index in [1.165, 1.54) is 6.07 Å². The number of piperidine rings is 1. The van der Waals surface area contributed by atoms with E-state index in [0.29, 0.717) is 68.9 Å². The van der Waals surface area contributed by atoms with E-state index in [4.69, 9.17) is 4.74 Å². The molecule has 0 saturated carbocycles. The lowest BCUT2D eigenvalue weighted by Gasteiger charge is -2.39. The number of halogens is 3. The minimum atomic E-state index is -4.39. The zero-order valence-corrected chi connectivity index (χ0v) is 16.7. The zero-order chi connectivity index (χ0) is 21.5. The highest BCUT2D eigenvalue weighted by atomic mass is 19.4. The summed E-state index contributed by atoms with van der Waals surface area (Å²) in [5, 5.41) is 3.22. The second-order valence-electron chi connectivity index (χ2n) is 7.96. The molecule has 2 fully saturated rings. The summed E-state index contributed by atoms with van der Waals surface area (Å²) in [4.78, 5) is 29.0.